The van der Waals surface area contributed by atoms with Gasteiger partial charge in [0, 0.05) is 31.1 Å². The van der Waals surface area contributed by atoms with Crippen LogP contribution in [-0.4, -0.2) is 57.8 Å². The molecule has 4 unspecified atom stereocenters. The zero-order chi connectivity index (χ0) is 22.9. The number of aromatic amines is 1. The van der Waals surface area contributed by atoms with Crippen LogP contribution in [0.2, 0.25) is 0 Å². The van der Waals surface area contributed by atoms with Gasteiger partial charge in [-0.1, -0.05) is 20.8 Å². The summed E-state index contributed by atoms with van der Waals surface area (Å²) in [5, 5.41) is 13.0. The zero-order valence-electron chi connectivity index (χ0n) is 18.1. The normalized spacial score (nSPS) is 21.2. The molecular formula is C22H29F3N4O2. The smallest absolute Gasteiger partial charge is 0.251 e. The third-order valence-corrected chi connectivity index (χ3v) is 5.53. The number of alkyl halides is 1. The Bertz CT molecular complexity index is 926. The SMILES string of the molecule is CC(O)C(=O)N(CC1CNCC1F)C(c1ncc(-c2cc(F)ccc2F)[nH]1)C(C)(C)C. The van der Waals surface area contributed by atoms with Crippen LogP contribution in [-0.2, 0) is 4.79 Å². The number of imidazole rings is 1. The van der Waals surface area contributed by atoms with Crippen molar-refractivity contribution in [2.45, 2.75) is 46.0 Å². The van der Waals surface area contributed by atoms with Crippen molar-refractivity contribution in [1.29, 1.82) is 0 Å². The fourth-order valence-electron chi connectivity index (χ4n) is 4.04. The van der Waals surface area contributed by atoms with E-state index in [1.807, 2.05) is 20.8 Å². The maximum Gasteiger partial charge on any atom is 0.251 e. The highest BCUT2D eigenvalue weighted by Gasteiger charge is 2.41. The van der Waals surface area contributed by atoms with Crippen LogP contribution in [0.4, 0.5) is 13.2 Å². The summed E-state index contributed by atoms with van der Waals surface area (Å²) < 4.78 is 42.2. The predicted octanol–water partition coefficient (Wildman–Crippen LogP) is 3.21. The number of carbonyl (C=O) groups excluding carboxylic acids is 1. The van der Waals surface area contributed by atoms with Crippen LogP contribution in [0.5, 0.6) is 0 Å². The molecule has 0 saturated carbocycles. The summed E-state index contributed by atoms with van der Waals surface area (Å²) in [5.74, 6) is -1.83. The second-order valence-electron chi connectivity index (χ2n) is 9.18. The molecule has 3 N–H and O–H groups in total. The molecule has 31 heavy (non-hydrogen) atoms. The number of benzene rings is 1. The van der Waals surface area contributed by atoms with Crippen molar-refractivity contribution < 1.29 is 23.1 Å². The Hall–Kier alpha value is -2.39. The fourth-order valence-corrected chi connectivity index (χ4v) is 4.04. The largest absolute Gasteiger partial charge is 0.384 e. The average Bonchev–Trinajstić information content (AvgIpc) is 3.31. The van der Waals surface area contributed by atoms with Crippen molar-refractivity contribution in [1.82, 2.24) is 20.2 Å². The van der Waals surface area contributed by atoms with Crippen molar-refractivity contribution in [3.8, 4) is 11.3 Å². The quantitative estimate of drug-likeness (QED) is 0.647. The third kappa shape index (κ3) is 5.10. The molecule has 170 valence electrons. The van der Waals surface area contributed by atoms with Crippen molar-refractivity contribution in [3.05, 3.63) is 41.9 Å². The maximum absolute atomic E-state index is 14.3. The lowest BCUT2D eigenvalue weighted by Gasteiger charge is -2.41. The topological polar surface area (TPSA) is 81.2 Å². The molecule has 4 atom stereocenters. The molecule has 3 rings (SSSR count). The van der Waals surface area contributed by atoms with E-state index < -0.39 is 47.2 Å². The van der Waals surface area contributed by atoms with Gasteiger partial charge in [-0.15, -0.1) is 0 Å². The van der Waals surface area contributed by atoms with Crippen LogP contribution in [0, 0.1) is 23.0 Å². The average molecular weight is 438 g/mol. The number of nitrogens with one attached hydrogen (secondary N) is 2. The number of aliphatic hydroxyl groups is 1. The Morgan fingerprint density at radius 2 is 2.03 bits per heavy atom. The van der Waals surface area contributed by atoms with Gasteiger partial charge in [0.2, 0.25) is 0 Å². The standard InChI is InChI=1S/C22H29F3N4O2/c1-12(30)21(31)29(11-13-8-26-9-17(13)25)19(22(2,3)4)20-27-10-18(28-20)15-7-14(23)5-6-16(15)24/h5-7,10,12-13,17,19,26,30H,8-9,11H2,1-4H3,(H,27,28). The number of halogens is 3. The van der Waals surface area contributed by atoms with E-state index in [1.54, 1.807) is 0 Å². The predicted molar refractivity (Wildman–Crippen MR) is 111 cm³/mol. The van der Waals surface area contributed by atoms with E-state index in [0.717, 1.165) is 18.2 Å². The van der Waals surface area contributed by atoms with E-state index in [-0.39, 0.29) is 24.3 Å². The van der Waals surface area contributed by atoms with Crippen molar-refractivity contribution in [2.75, 3.05) is 19.6 Å². The second kappa shape index (κ2) is 9.00. The summed E-state index contributed by atoms with van der Waals surface area (Å²) in [5.41, 5.74) is -0.280. The Morgan fingerprint density at radius 3 is 2.61 bits per heavy atom. The van der Waals surface area contributed by atoms with Gasteiger partial charge in [0.15, 0.2) is 0 Å². The molecule has 1 aromatic carbocycles. The van der Waals surface area contributed by atoms with Crippen molar-refractivity contribution in [3.63, 3.8) is 0 Å². The molecule has 1 amide bonds. The first-order chi connectivity index (χ1) is 14.5. The Kier molecular flexibility index (Phi) is 6.76. The molecule has 1 aliphatic heterocycles. The summed E-state index contributed by atoms with van der Waals surface area (Å²) >= 11 is 0. The van der Waals surface area contributed by atoms with Gasteiger partial charge in [-0.3, -0.25) is 4.79 Å². The van der Waals surface area contributed by atoms with Crippen molar-refractivity contribution >= 4 is 5.91 Å². The minimum atomic E-state index is -1.28. The molecule has 0 aliphatic carbocycles. The fraction of sp³-hybridized carbons (Fsp3) is 0.545. The van der Waals surface area contributed by atoms with Crippen LogP contribution in [0.3, 0.4) is 0 Å². The molecule has 0 bridgehead atoms. The molecule has 1 aliphatic rings. The van der Waals surface area contributed by atoms with Gasteiger partial charge in [-0.05, 0) is 30.5 Å². The lowest BCUT2D eigenvalue weighted by atomic mass is 9.84. The minimum absolute atomic E-state index is 0.0172. The van der Waals surface area contributed by atoms with Crippen LogP contribution in [0.15, 0.2) is 24.4 Å². The van der Waals surface area contributed by atoms with E-state index >= 15 is 0 Å². The highest BCUT2D eigenvalue weighted by Crippen LogP contribution is 2.39. The summed E-state index contributed by atoms with van der Waals surface area (Å²) in [4.78, 5) is 21.8. The summed E-state index contributed by atoms with van der Waals surface area (Å²) in [6.07, 6.45) is -1.02. The Morgan fingerprint density at radius 1 is 1.32 bits per heavy atom. The second-order valence-corrected chi connectivity index (χ2v) is 9.18. The lowest BCUT2D eigenvalue weighted by Crippen LogP contribution is -2.48. The molecule has 2 heterocycles. The number of rotatable bonds is 6. The molecule has 6 nitrogen and oxygen atoms in total. The highest BCUT2D eigenvalue weighted by molar-refractivity contribution is 5.80. The van der Waals surface area contributed by atoms with Gasteiger partial charge in [0.25, 0.3) is 5.91 Å². The van der Waals surface area contributed by atoms with Crippen LogP contribution >= 0.6 is 0 Å². The minimum Gasteiger partial charge on any atom is -0.384 e. The first-order valence-electron chi connectivity index (χ1n) is 10.3. The van der Waals surface area contributed by atoms with Crippen molar-refractivity contribution in [2.24, 2.45) is 11.3 Å². The zero-order valence-corrected chi connectivity index (χ0v) is 18.1. The Labute approximate surface area is 179 Å². The van der Waals surface area contributed by atoms with Crippen LogP contribution in [0.25, 0.3) is 11.3 Å². The number of nitrogens with zero attached hydrogens (tertiary/aromatic N) is 2. The summed E-state index contributed by atoms with van der Waals surface area (Å²) in [7, 11) is 0. The lowest BCUT2D eigenvalue weighted by molar-refractivity contribution is -0.145. The van der Waals surface area contributed by atoms with Gasteiger partial charge >= 0.3 is 0 Å². The van der Waals surface area contributed by atoms with Gasteiger partial charge in [0.1, 0.15) is 29.7 Å². The van der Waals surface area contributed by atoms with E-state index in [9.17, 15) is 23.1 Å². The van der Waals surface area contributed by atoms with E-state index in [4.69, 9.17) is 0 Å². The molecule has 1 saturated heterocycles. The number of H-pyrrole nitrogens is 1. The molecular weight excluding hydrogens is 409 g/mol. The number of aliphatic hydroxyl groups excluding tert-OH is 1. The van der Waals surface area contributed by atoms with Gasteiger partial charge < -0.3 is 20.3 Å². The van der Waals surface area contributed by atoms with Crippen LogP contribution < -0.4 is 5.32 Å². The van der Waals surface area contributed by atoms with Gasteiger partial charge in [-0.25, -0.2) is 18.2 Å². The van der Waals surface area contributed by atoms with E-state index in [2.05, 4.69) is 15.3 Å². The Balaban J connectivity index is 2.02. The molecule has 2 aromatic rings. The molecule has 0 radical (unpaired) electrons. The summed E-state index contributed by atoms with van der Waals surface area (Å²) in [6, 6.07) is 2.47. The molecule has 1 aromatic heterocycles. The summed E-state index contributed by atoms with van der Waals surface area (Å²) in [6.45, 7) is 7.76. The van der Waals surface area contributed by atoms with E-state index in [1.165, 1.54) is 18.0 Å². The van der Waals surface area contributed by atoms with Crippen LogP contribution in [0.1, 0.15) is 39.6 Å². The van der Waals surface area contributed by atoms with Gasteiger partial charge in [0.05, 0.1) is 17.9 Å². The number of hydrogen-bond acceptors (Lipinski definition) is 4. The first-order valence-corrected chi connectivity index (χ1v) is 10.3. The maximum atomic E-state index is 14.3. The monoisotopic (exact) mass is 438 g/mol. The molecule has 9 heteroatoms. The number of carbonyl (C=O) groups is 1. The molecule has 1 fully saturated rings. The van der Waals surface area contributed by atoms with Gasteiger partial charge in [-0.2, -0.15) is 0 Å². The number of hydrogen-bond donors (Lipinski definition) is 3. The first kappa shape index (κ1) is 23.3. The number of aromatic nitrogens is 2. The van der Waals surface area contributed by atoms with E-state index in [0.29, 0.717) is 12.4 Å². The molecule has 0 spiro atoms. The highest BCUT2D eigenvalue weighted by atomic mass is 19.1. The third-order valence-electron chi connectivity index (χ3n) is 5.53. The number of amides is 1.